The molecule has 1 aliphatic heterocycles. The largest absolute Gasteiger partial charge is 0.355 e. The van der Waals surface area contributed by atoms with Crippen LogP contribution in [0.2, 0.25) is 0 Å². The van der Waals surface area contributed by atoms with Crippen molar-refractivity contribution in [2.45, 2.75) is 18.6 Å². The lowest BCUT2D eigenvalue weighted by molar-refractivity contribution is 0.470. The molecule has 0 bridgehead atoms. The van der Waals surface area contributed by atoms with Gasteiger partial charge in [-0.2, -0.15) is 8.42 Å². The molecule has 3 aromatic heterocycles. The molecule has 3 aromatic rings. The van der Waals surface area contributed by atoms with Crippen LogP contribution < -0.4 is 4.90 Å². The Labute approximate surface area is 132 Å². The molecule has 120 valence electrons. The molecule has 0 aliphatic carbocycles. The van der Waals surface area contributed by atoms with Crippen LogP contribution in [-0.2, 0) is 10.1 Å². The quantitative estimate of drug-likeness (QED) is 0.679. The van der Waals surface area contributed by atoms with Crippen molar-refractivity contribution in [2.75, 3.05) is 18.0 Å². The monoisotopic (exact) mass is 333 g/mol. The molecule has 0 radical (unpaired) electrons. The zero-order valence-corrected chi connectivity index (χ0v) is 13.2. The molecular weight excluding hydrogens is 318 g/mol. The number of H-pyrrole nitrogens is 1. The Morgan fingerprint density at radius 2 is 2.22 bits per heavy atom. The average molecular weight is 333 g/mol. The highest BCUT2D eigenvalue weighted by Gasteiger charge is 2.33. The molecule has 0 saturated carbocycles. The van der Waals surface area contributed by atoms with Gasteiger partial charge < -0.3 is 9.88 Å². The van der Waals surface area contributed by atoms with E-state index in [2.05, 4.69) is 19.9 Å². The Bertz CT molecular complexity index is 1010. The molecule has 1 unspecified atom stereocenters. The molecule has 4 rings (SSSR count). The van der Waals surface area contributed by atoms with Gasteiger partial charge in [-0.1, -0.05) is 0 Å². The Kier molecular flexibility index (Phi) is 3.03. The van der Waals surface area contributed by atoms with E-state index in [0.29, 0.717) is 30.3 Å². The zero-order chi connectivity index (χ0) is 16.2. The topological polar surface area (TPSA) is 112 Å². The van der Waals surface area contributed by atoms with Crippen LogP contribution in [0.3, 0.4) is 0 Å². The van der Waals surface area contributed by atoms with Crippen molar-refractivity contribution in [1.82, 2.24) is 19.9 Å². The summed E-state index contributed by atoms with van der Waals surface area (Å²) in [6.45, 7) is 2.59. The van der Waals surface area contributed by atoms with E-state index in [1.54, 1.807) is 12.4 Å². The van der Waals surface area contributed by atoms with Crippen LogP contribution in [0, 0.1) is 6.92 Å². The smallest absolute Gasteiger partial charge is 0.269 e. The Hall–Kier alpha value is -2.26. The summed E-state index contributed by atoms with van der Waals surface area (Å²) in [7, 11) is -4.04. The third-order valence-electron chi connectivity index (χ3n) is 4.21. The lowest BCUT2D eigenvalue weighted by Gasteiger charge is -2.20. The van der Waals surface area contributed by atoms with Crippen molar-refractivity contribution >= 4 is 37.9 Å². The fourth-order valence-corrected chi connectivity index (χ4v) is 3.90. The number of hydrogen-bond donors (Lipinski definition) is 2. The van der Waals surface area contributed by atoms with Gasteiger partial charge in [-0.15, -0.1) is 0 Å². The number of aromatic amines is 1. The standard InChI is InChI=1S/C14H15N5O3S/c1-8-17-11-6-16-13-10(2-4-15-13)12(11)14(18-8)19-5-3-9(7-19)23(20,21)22/h2,4,6,9H,3,5,7H2,1H3,(H,17,18)(H,20,21,22). The summed E-state index contributed by atoms with van der Waals surface area (Å²) < 4.78 is 32.1. The van der Waals surface area contributed by atoms with E-state index in [9.17, 15) is 13.0 Å². The predicted octanol–water partition coefficient (Wildman–Crippen LogP) is 1.28. The number of hydrogen-bond acceptors (Lipinski definition) is 6. The lowest BCUT2D eigenvalue weighted by atomic mass is 10.2. The van der Waals surface area contributed by atoms with Crippen molar-refractivity contribution in [1.29, 1.82) is 0 Å². The van der Waals surface area contributed by atoms with E-state index >= 15 is 0 Å². The predicted molar refractivity (Wildman–Crippen MR) is 86.1 cm³/mol. The number of rotatable bonds is 2. The second-order valence-corrected chi connectivity index (χ2v) is 7.44. The third-order valence-corrected chi connectivity index (χ3v) is 5.44. The molecule has 0 aromatic carbocycles. The number of aromatic nitrogens is 4. The number of nitrogens with zero attached hydrogens (tertiary/aromatic N) is 4. The summed E-state index contributed by atoms with van der Waals surface area (Å²) >= 11 is 0. The van der Waals surface area contributed by atoms with Crippen LogP contribution in [0.5, 0.6) is 0 Å². The first-order valence-corrected chi connectivity index (χ1v) is 8.75. The minimum atomic E-state index is -4.04. The number of anilines is 1. The van der Waals surface area contributed by atoms with Crippen LogP contribution in [0.1, 0.15) is 12.2 Å². The first-order chi connectivity index (χ1) is 10.9. The molecule has 1 saturated heterocycles. The van der Waals surface area contributed by atoms with Gasteiger partial charge in [-0.25, -0.2) is 15.0 Å². The van der Waals surface area contributed by atoms with Gasteiger partial charge in [0.2, 0.25) is 0 Å². The highest BCUT2D eigenvalue weighted by Crippen LogP contribution is 2.32. The van der Waals surface area contributed by atoms with E-state index in [0.717, 1.165) is 16.3 Å². The lowest BCUT2D eigenvalue weighted by Crippen LogP contribution is -2.27. The van der Waals surface area contributed by atoms with Gasteiger partial charge in [-0.05, 0) is 19.4 Å². The third kappa shape index (κ3) is 2.32. The molecule has 1 fully saturated rings. The van der Waals surface area contributed by atoms with E-state index in [-0.39, 0.29) is 6.54 Å². The fourth-order valence-electron chi connectivity index (χ4n) is 3.13. The Balaban J connectivity index is 1.91. The molecule has 0 spiro atoms. The minimum absolute atomic E-state index is 0.225. The van der Waals surface area contributed by atoms with Gasteiger partial charge in [0.1, 0.15) is 16.9 Å². The SMILES string of the molecule is Cc1nc(N2CCC(S(=O)(=O)O)C2)c2c(cnc3nccc32)[nH]1. The van der Waals surface area contributed by atoms with E-state index in [1.165, 1.54) is 0 Å². The second kappa shape index (κ2) is 4.87. The maximum atomic E-state index is 11.4. The minimum Gasteiger partial charge on any atom is -0.355 e. The van der Waals surface area contributed by atoms with E-state index in [4.69, 9.17) is 0 Å². The van der Waals surface area contributed by atoms with E-state index < -0.39 is 15.4 Å². The molecule has 23 heavy (non-hydrogen) atoms. The number of nitrogens with one attached hydrogen (secondary N) is 1. The maximum absolute atomic E-state index is 11.4. The normalized spacial score (nSPS) is 19.0. The van der Waals surface area contributed by atoms with Crippen LogP contribution in [0.15, 0.2) is 18.5 Å². The van der Waals surface area contributed by atoms with Gasteiger partial charge in [-0.3, -0.25) is 4.55 Å². The van der Waals surface area contributed by atoms with Crippen molar-refractivity contribution in [3.8, 4) is 0 Å². The van der Waals surface area contributed by atoms with Crippen LogP contribution in [0.25, 0.3) is 21.9 Å². The zero-order valence-electron chi connectivity index (χ0n) is 12.4. The molecule has 1 aliphatic rings. The Morgan fingerprint density at radius 3 is 2.96 bits per heavy atom. The number of pyridine rings is 1. The number of fused-ring (bicyclic) bond motifs is 3. The first kappa shape index (κ1) is 14.3. The summed E-state index contributed by atoms with van der Waals surface area (Å²) in [5, 5.41) is 0.963. The second-order valence-electron chi connectivity index (χ2n) is 5.75. The molecular formula is C14H15N5O3S. The summed E-state index contributed by atoms with van der Waals surface area (Å²) in [5.74, 6) is 1.41. The van der Waals surface area contributed by atoms with Crippen molar-refractivity contribution in [3.05, 3.63) is 24.3 Å². The van der Waals surface area contributed by atoms with Gasteiger partial charge in [0.15, 0.2) is 5.65 Å². The molecule has 0 amide bonds. The Morgan fingerprint density at radius 1 is 1.39 bits per heavy atom. The van der Waals surface area contributed by atoms with Gasteiger partial charge in [0, 0.05) is 24.7 Å². The van der Waals surface area contributed by atoms with Crippen LogP contribution in [-0.4, -0.2) is 51.2 Å². The summed E-state index contributed by atoms with van der Waals surface area (Å²) in [4.78, 5) is 18.2. The highest BCUT2D eigenvalue weighted by atomic mass is 32.2. The van der Waals surface area contributed by atoms with Gasteiger partial charge in [0.25, 0.3) is 10.1 Å². The van der Waals surface area contributed by atoms with Crippen molar-refractivity contribution < 1.29 is 13.0 Å². The fraction of sp³-hybridized carbons (Fsp3) is 0.357. The molecule has 2 N–H and O–H groups in total. The first-order valence-electron chi connectivity index (χ1n) is 7.25. The van der Waals surface area contributed by atoms with Crippen molar-refractivity contribution in [2.24, 2.45) is 0 Å². The highest BCUT2D eigenvalue weighted by molar-refractivity contribution is 7.86. The van der Waals surface area contributed by atoms with E-state index in [1.807, 2.05) is 17.9 Å². The average Bonchev–Trinajstić information content (AvgIpc) is 3.14. The van der Waals surface area contributed by atoms with Crippen molar-refractivity contribution in [3.63, 3.8) is 0 Å². The summed E-state index contributed by atoms with van der Waals surface area (Å²) in [6.07, 6.45) is 3.78. The number of aryl methyl sites for hydroxylation is 1. The molecule has 4 heterocycles. The molecule has 9 heteroatoms. The van der Waals surface area contributed by atoms with Crippen LogP contribution in [0.4, 0.5) is 5.82 Å². The molecule has 8 nitrogen and oxygen atoms in total. The molecule has 1 atom stereocenters. The van der Waals surface area contributed by atoms with Crippen LogP contribution >= 0.6 is 0 Å². The summed E-state index contributed by atoms with van der Waals surface area (Å²) in [5.41, 5.74) is 1.45. The van der Waals surface area contributed by atoms with Gasteiger partial charge in [0.05, 0.1) is 17.1 Å². The summed E-state index contributed by atoms with van der Waals surface area (Å²) in [6, 6.07) is 1.87. The maximum Gasteiger partial charge on any atom is 0.269 e. The van der Waals surface area contributed by atoms with Gasteiger partial charge >= 0.3 is 0 Å².